The van der Waals surface area contributed by atoms with Gasteiger partial charge in [-0.25, -0.2) is 9.37 Å². The maximum absolute atomic E-state index is 13.8. The van der Waals surface area contributed by atoms with Crippen LogP contribution >= 0.6 is 11.3 Å². The number of rotatable bonds is 3. The molecule has 8 heteroatoms. The second-order valence-corrected chi connectivity index (χ2v) is 7.07. The number of aromatic nitrogens is 2. The molecule has 4 rings (SSSR count). The number of fused-ring (bicyclic) bond motifs is 1. The molecule has 1 aliphatic heterocycles. The Hall–Kier alpha value is -2.58. The van der Waals surface area contributed by atoms with E-state index in [4.69, 9.17) is 0 Å². The molecule has 0 saturated carbocycles. The molecule has 0 bridgehead atoms. The molecule has 0 aliphatic carbocycles. The van der Waals surface area contributed by atoms with Crippen LogP contribution < -0.4 is 5.56 Å². The lowest BCUT2D eigenvalue weighted by Gasteiger charge is -2.34. The summed E-state index contributed by atoms with van der Waals surface area (Å²) in [6.45, 7) is 2.78. The molecule has 3 heterocycles. The smallest absolute Gasteiger partial charge is 0.271 e. The van der Waals surface area contributed by atoms with Crippen LogP contribution in [-0.4, -0.2) is 51.3 Å². The fourth-order valence-electron chi connectivity index (χ4n) is 3.12. The maximum Gasteiger partial charge on any atom is 0.271 e. The van der Waals surface area contributed by atoms with Gasteiger partial charge >= 0.3 is 0 Å². The topological polar surface area (TPSA) is 57.9 Å². The van der Waals surface area contributed by atoms with E-state index in [1.807, 2.05) is 6.07 Å². The van der Waals surface area contributed by atoms with E-state index in [2.05, 4.69) is 9.88 Å². The Balaban J connectivity index is 1.44. The second-order valence-electron chi connectivity index (χ2n) is 6.19. The van der Waals surface area contributed by atoms with Crippen molar-refractivity contribution in [1.82, 2.24) is 19.2 Å². The van der Waals surface area contributed by atoms with Crippen LogP contribution in [0.15, 0.2) is 46.8 Å². The van der Waals surface area contributed by atoms with E-state index in [1.165, 1.54) is 28.0 Å². The molecule has 134 valence electrons. The summed E-state index contributed by atoms with van der Waals surface area (Å²) >= 11 is 1.35. The molecule has 0 atom stereocenters. The first-order valence-electron chi connectivity index (χ1n) is 8.33. The van der Waals surface area contributed by atoms with Crippen molar-refractivity contribution in [3.8, 4) is 0 Å². The van der Waals surface area contributed by atoms with Crippen molar-refractivity contribution in [1.29, 1.82) is 0 Å². The lowest BCUT2D eigenvalue weighted by Crippen LogP contribution is -2.49. The third kappa shape index (κ3) is 3.13. The molecule has 1 aliphatic rings. The number of thiazole rings is 1. The van der Waals surface area contributed by atoms with E-state index in [0.29, 0.717) is 43.2 Å². The summed E-state index contributed by atoms with van der Waals surface area (Å²) in [5.74, 6) is -0.511. The molecule has 0 spiro atoms. The number of carbonyl (C=O) groups is 1. The van der Waals surface area contributed by atoms with Crippen molar-refractivity contribution in [3.05, 3.63) is 69.3 Å². The van der Waals surface area contributed by atoms with E-state index >= 15 is 0 Å². The molecular weight excluding hydrogens is 355 g/mol. The van der Waals surface area contributed by atoms with Crippen molar-refractivity contribution < 1.29 is 9.18 Å². The molecule has 0 radical (unpaired) electrons. The van der Waals surface area contributed by atoms with Gasteiger partial charge in [-0.15, -0.1) is 11.3 Å². The van der Waals surface area contributed by atoms with Crippen LogP contribution in [0.4, 0.5) is 4.39 Å². The van der Waals surface area contributed by atoms with Gasteiger partial charge in [-0.05, 0) is 6.07 Å². The summed E-state index contributed by atoms with van der Waals surface area (Å²) in [4.78, 5) is 33.7. The molecular formula is C18H17FN4O2S. The SMILES string of the molecule is O=C(c1cnc2sccn2c1=O)N1CCN(Cc2ccccc2F)CC1. The highest BCUT2D eigenvalue weighted by atomic mass is 32.1. The van der Waals surface area contributed by atoms with Gasteiger partial charge in [0.15, 0.2) is 4.96 Å². The zero-order valence-electron chi connectivity index (χ0n) is 14.0. The monoisotopic (exact) mass is 372 g/mol. The number of piperazine rings is 1. The lowest BCUT2D eigenvalue weighted by atomic mass is 10.1. The van der Waals surface area contributed by atoms with Crippen LogP contribution in [0.1, 0.15) is 15.9 Å². The van der Waals surface area contributed by atoms with Crippen molar-refractivity contribution in [3.63, 3.8) is 0 Å². The van der Waals surface area contributed by atoms with Gasteiger partial charge in [0.2, 0.25) is 0 Å². The predicted octanol–water partition coefficient (Wildman–Crippen LogP) is 1.85. The highest BCUT2D eigenvalue weighted by molar-refractivity contribution is 7.15. The minimum Gasteiger partial charge on any atom is -0.336 e. The van der Waals surface area contributed by atoms with Crippen molar-refractivity contribution >= 4 is 22.2 Å². The molecule has 0 unspecified atom stereocenters. The summed E-state index contributed by atoms with van der Waals surface area (Å²) in [7, 11) is 0. The molecule has 6 nitrogen and oxygen atoms in total. The quantitative estimate of drug-likeness (QED) is 0.704. The average molecular weight is 372 g/mol. The minimum absolute atomic E-state index is 0.0865. The van der Waals surface area contributed by atoms with Gasteiger partial charge in [0.25, 0.3) is 11.5 Å². The summed E-state index contributed by atoms with van der Waals surface area (Å²) in [6, 6.07) is 6.72. The first-order chi connectivity index (χ1) is 12.6. The van der Waals surface area contributed by atoms with E-state index < -0.39 is 0 Å². The fourth-order valence-corrected chi connectivity index (χ4v) is 3.79. The number of hydrogen-bond donors (Lipinski definition) is 0. The average Bonchev–Trinajstić information content (AvgIpc) is 3.14. The number of halogens is 1. The molecule has 1 aromatic carbocycles. The van der Waals surface area contributed by atoms with Gasteiger partial charge < -0.3 is 4.90 Å². The van der Waals surface area contributed by atoms with E-state index in [9.17, 15) is 14.0 Å². The first kappa shape index (κ1) is 16.9. The van der Waals surface area contributed by atoms with Gasteiger partial charge in [-0.2, -0.15) is 0 Å². The number of hydrogen-bond acceptors (Lipinski definition) is 5. The number of benzene rings is 1. The first-order valence-corrected chi connectivity index (χ1v) is 9.21. The lowest BCUT2D eigenvalue weighted by molar-refractivity contribution is 0.0624. The Labute approximate surface area is 153 Å². The zero-order chi connectivity index (χ0) is 18.1. The molecule has 26 heavy (non-hydrogen) atoms. The van der Waals surface area contributed by atoms with Gasteiger partial charge in [0, 0.05) is 56.1 Å². The Morgan fingerprint density at radius 3 is 2.73 bits per heavy atom. The second kappa shape index (κ2) is 6.97. The maximum atomic E-state index is 13.8. The van der Waals surface area contributed by atoms with Crippen LogP contribution in [-0.2, 0) is 6.54 Å². The molecule has 0 N–H and O–H groups in total. The Morgan fingerprint density at radius 2 is 1.96 bits per heavy atom. The summed E-state index contributed by atoms with van der Waals surface area (Å²) in [5.41, 5.74) is 0.399. The van der Waals surface area contributed by atoms with E-state index in [-0.39, 0.29) is 22.8 Å². The van der Waals surface area contributed by atoms with Gasteiger partial charge in [0.1, 0.15) is 11.4 Å². The molecule has 2 aromatic heterocycles. The minimum atomic E-state index is -0.338. The Morgan fingerprint density at radius 1 is 1.19 bits per heavy atom. The highest BCUT2D eigenvalue weighted by Gasteiger charge is 2.25. The van der Waals surface area contributed by atoms with Crippen LogP contribution in [0.5, 0.6) is 0 Å². The molecule has 1 amide bonds. The standard InChI is InChI=1S/C18H17FN4O2S/c19-15-4-2-1-3-13(15)12-21-5-7-22(8-6-21)16(24)14-11-20-18-23(17(14)25)9-10-26-18/h1-4,9-11H,5-8,12H2. The summed E-state index contributed by atoms with van der Waals surface area (Å²) in [6.07, 6.45) is 2.99. The Kier molecular flexibility index (Phi) is 4.52. The van der Waals surface area contributed by atoms with E-state index in [0.717, 1.165) is 0 Å². The van der Waals surface area contributed by atoms with Crippen molar-refractivity contribution in [2.45, 2.75) is 6.54 Å². The zero-order valence-corrected chi connectivity index (χ0v) is 14.8. The van der Waals surface area contributed by atoms with Gasteiger partial charge in [0.05, 0.1) is 0 Å². The molecule has 1 fully saturated rings. The van der Waals surface area contributed by atoms with Crippen molar-refractivity contribution in [2.75, 3.05) is 26.2 Å². The van der Waals surface area contributed by atoms with Crippen LogP contribution in [0.3, 0.4) is 0 Å². The Bertz CT molecular complexity index is 1010. The fraction of sp³-hybridized carbons (Fsp3) is 0.278. The number of nitrogens with zero attached hydrogens (tertiary/aromatic N) is 4. The third-order valence-electron chi connectivity index (χ3n) is 4.58. The summed E-state index contributed by atoms with van der Waals surface area (Å²) in [5, 5.41) is 1.76. The molecule has 1 saturated heterocycles. The third-order valence-corrected chi connectivity index (χ3v) is 5.36. The highest BCUT2D eigenvalue weighted by Crippen LogP contribution is 2.13. The number of amides is 1. The van der Waals surface area contributed by atoms with E-state index in [1.54, 1.807) is 28.6 Å². The van der Waals surface area contributed by atoms with Gasteiger partial charge in [-0.1, -0.05) is 18.2 Å². The van der Waals surface area contributed by atoms with Crippen molar-refractivity contribution in [2.24, 2.45) is 0 Å². The normalized spacial score (nSPS) is 15.5. The van der Waals surface area contributed by atoms with Gasteiger partial charge in [-0.3, -0.25) is 18.9 Å². The molecule has 3 aromatic rings. The number of carbonyl (C=O) groups excluding carboxylic acids is 1. The predicted molar refractivity (Wildman–Crippen MR) is 96.9 cm³/mol. The largest absolute Gasteiger partial charge is 0.336 e. The van der Waals surface area contributed by atoms with Crippen LogP contribution in [0.2, 0.25) is 0 Å². The van der Waals surface area contributed by atoms with Crippen LogP contribution in [0, 0.1) is 5.82 Å². The van der Waals surface area contributed by atoms with Crippen LogP contribution in [0.25, 0.3) is 4.96 Å². The summed E-state index contributed by atoms with van der Waals surface area (Å²) < 4.78 is 15.2.